The van der Waals surface area contributed by atoms with Gasteiger partial charge in [0.25, 0.3) is 5.91 Å². The van der Waals surface area contributed by atoms with Crippen molar-refractivity contribution in [3.8, 4) is 0 Å². The lowest BCUT2D eigenvalue weighted by molar-refractivity contribution is 0.0986. The molecule has 1 amide bonds. The molecule has 1 heterocycles. The summed E-state index contributed by atoms with van der Waals surface area (Å²) in [5, 5.41) is 1.29. The number of amides is 1. The number of carbonyl (C=O) groups is 1. The van der Waals surface area contributed by atoms with E-state index < -0.39 is 0 Å². The van der Waals surface area contributed by atoms with Gasteiger partial charge in [-0.1, -0.05) is 29.0 Å². The van der Waals surface area contributed by atoms with Crippen molar-refractivity contribution in [2.75, 3.05) is 51.1 Å². The van der Waals surface area contributed by atoms with Crippen molar-refractivity contribution < 1.29 is 4.79 Å². The molecule has 3 aromatic rings. The van der Waals surface area contributed by atoms with Crippen molar-refractivity contribution in [3.63, 3.8) is 0 Å². The first-order valence-corrected chi connectivity index (χ1v) is 10.4. The topological polar surface area (TPSA) is 39.7 Å². The predicted octanol–water partition coefficient (Wildman–Crippen LogP) is 5.04. The molecule has 0 aliphatic heterocycles. The van der Waals surface area contributed by atoms with E-state index in [4.69, 9.17) is 11.6 Å². The van der Waals surface area contributed by atoms with Crippen LogP contribution in [0.25, 0.3) is 10.2 Å². The number of anilines is 2. The van der Waals surface area contributed by atoms with E-state index in [0.717, 1.165) is 28.9 Å². The van der Waals surface area contributed by atoms with Gasteiger partial charge in [0, 0.05) is 31.9 Å². The van der Waals surface area contributed by atoms with E-state index in [1.165, 1.54) is 11.3 Å². The molecule has 0 fully saturated rings. The van der Waals surface area contributed by atoms with Gasteiger partial charge >= 0.3 is 0 Å². The highest BCUT2D eigenvalue weighted by Crippen LogP contribution is 2.33. The van der Waals surface area contributed by atoms with Crippen LogP contribution in [0.3, 0.4) is 0 Å². The first kappa shape index (κ1) is 23.4. The van der Waals surface area contributed by atoms with Crippen LogP contribution in [-0.4, -0.2) is 57.1 Å². The third-order valence-corrected chi connectivity index (χ3v) is 5.80. The summed E-state index contributed by atoms with van der Waals surface area (Å²) in [7, 11) is 8.03. The maximum atomic E-state index is 13.3. The Hall–Kier alpha value is -1.86. The molecule has 0 N–H and O–H groups in total. The zero-order valence-electron chi connectivity index (χ0n) is 17.1. The average molecular weight is 453 g/mol. The first-order valence-electron chi connectivity index (χ1n) is 9.16. The molecule has 0 spiro atoms. The van der Waals surface area contributed by atoms with E-state index in [1.807, 2.05) is 75.6 Å². The van der Waals surface area contributed by atoms with Crippen LogP contribution in [0, 0.1) is 0 Å². The van der Waals surface area contributed by atoms with Crippen molar-refractivity contribution in [2.45, 2.75) is 6.42 Å². The standard InChI is InChI=1S/C21H25ClN4OS.ClH/c1-24(2)13-6-14-26(20(27)15-9-11-16(12-10-15)25(3)4)21-23-19-17(22)7-5-8-18(19)28-21;/h5,7-12H,6,13-14H2,1-4H3;1H. The predicted molar refractivity (Wildman–Crippen MR) is 127 cm³/mol. The second-order valence-corrected chi connectivity index (χ2v) is 8.55. The molecule has 0 saturated carbocycles. The van der Waals surface area contributed by atoms with Gasteiger partial charge in [0.2, 0.25) is 0 Å². The van der Waals surface area contributed by atoms with Crippen LogP contribution in [0.2, 0.25) is 5.02 Å². The lowest BCUT2D eigenvalue weighted by Gasteiger charge is -2.21. The van der Waals surface area contributed by atoms with Gasteiger partial charge in [0.1, 0.15) is 5.52 Å². The molecule has 0 aliphatic carbocycles. The number of benzene rings is 2. The van der Waals surface area contributed by atoms with E-state index in [-0.39, 0.29) is 18.3 Å². The smallest absolute Gasteiger partial charge is 0.260 e. The van der Waals surface area contributed by atoms with Gasteiger partial charge in [0.15, 0.2) is 5.13 Å². The lowest BCUT2D eigenvalue weighted by atomic mass is 10.1. The second kappa shape index (κ2) is 10.3. The van der Waals surface area contributed by atoms with Gasteiger partial charge in [-0.3, -0.25) is 9.69 Å². The third kappa shape index (κ3) is 5.60. The Balaban J connectivity index is 0.00000300. The number of nitrogens with zero attached hydrogens (tertiary/aromatic N) is 4. The summed E-state index contributed by atoms with van der Waals surface area (Å²) in [5.41, 5.74) is 2.46. The van der Waals surface area contributed by atoms with Gasteiger partial charge < -0.3 is 9.80 Å². The SMILES string of the molecule is CN(C)CCCN(C(=O)c1ccc(N(C)C)cc1)c1nc2c(Cl)cccc2s1.Cl. The molecule has 0 aliphatic rings. The molecule has 3 rings (SSSR count). The van der Waals surface area contributed by atoms with Crippen molar-refractivity contribution in [3.05, 3.63) is 53.1 Å². The molecule has 0 unspecified atom stereocenters. The Kier molecular flexibility index (Phi) is 8.28. The van der Waals surface area contributed by atoms with Gasteiger partial charge in [-0.15, -0.1) is 12.4 Å². The molecule has 156 valence electrons. The summed E-state index contributed by atoms with van der Waals surface area (Å²) in [6.07, 6.45) is 0.859. The largest absolute Gasteiger partial charge is 0.378 e. The van der Waals surface area contributed by atoms with E-state index in [2.05, 4.69) is 9.88 Å². The van der Waals surface area contributed by atoms with Gasteiger partial charge in [-0.05, 0) is 63.5 Å². The molecule has 5 nitrogen and oxygen atoms in total. The average Bonchev–Trinajstić information content (AvgIpc) is 3.10. The maximum absolute atomic E-state index is 13.3. The quantitative estimate of drug-likeness (QED) is 0.503. The van der Waals surface area contributed by atoms with E-state index in [0.29, 0.717) is 22.3 Å². The minimum Gasteiger partial charge on any atom is -0.378 e. The summed E-state index contributed by atoms with van der Waals surface area (Å²) in [5.74, 6) is -0.0424. The van der Waals surface area contributed by atoms with Crippen LogP contribution in [0.1, 0.15) is 16.8 Å². The second-order valence-electron chi connectivity index (χ2n) is 7.14. The summed E-state index contributed by atoms with van der Waals surface area (Å²) in [6, 6.07) is 13.4. The number of aromatic nitrogens is 1. The summed E-state index contributed by atoms with van der Waals surface area (Å²) in [6.45, 7) is 1.50. The molecular formula is C21H26Cl2N4OS. The van der Waals surface area contributed by atoms with Gasteiger partial charge in [-0.2, -0.15) is 0 Å². The Morgan fingerprint density at radius 2 is 1.72 bits per heavy atom. The molecular weight excluding hydrogens is 427 g/mol. The number of para-hydroxylation sites is 1. The van der Waals surface area contributed by atoms with Crippen LogP contribution in [0.15, 0.2) is 42.5 Å². The highest BCUT2D eigenvalue weighted by molar-refractivity contribution is 7.22. The van der Waals surface area contributed by atoms with E-state index in [9.17, 15) is 4.79 Å². The molecule has 2 aromatic carbocycles. The number of rotatable bonds is 7. The zero-order valence-corrected chi connectivity index (χ0v) is 19.4. The Bertz CT molecular complexity index is 957. The number of halogens is 2. The number of fused-ring (bicyclic) bond motifs is 1. The van der Waals surface area contributed by atoms with Crippen LogP contribution in [0.5, 0.6) is 0 Å². The minimum atomic E-state index is -0.0424. The summed E-state index contributed by atoms with van der Waals surface area (Å²) < 4.78 is 0.982. The van der Waals surface area contributed by atoms with Gasteiger partial charge in [0.05, 0.1) is 9.72 Å². The van der Waals surface area contributed by atoms with Crippen molar-refractivity contribution in [1.82, 2.24) is 9.88 Å². The van der Waals surface area contributed by atoms with E-state index in [1.54, 1.807) is 4.90 Å². The molecule has 0 bridgehead atoms. The fourth-order valence-corrected chi connectivity index (χ4v) is 4.20. The van der Waals surface area contributed by atoms with Crippen LogP contribution >= 0.6 is 35.3 Å². The van der Waals surface area contributed by atoms with Crippen molar-refractivity contribution in [1.29, 1.82) is 0 Å². The summed E-state index contributed by atoms with van der Waals surface area (Å²) in [4.78, 5) is 23.9. The monoisotopic (exact) mass is 452 g/mol. The highest BCUT2D eigenvalue weighted by Gasteiger charge is 2.22. The Labute approximate surface area is 187 Å². The Morgan fingerprint density at radius 1 is 1.03 bits per heavy atom. The lowest BCUT2D eigenvalue weighted by Crippen LogP contribution is -2.33. The minimum absolute atomic E-state index is 0. The number of hydrogen-bond acceptors (Lipinski definition) is 5. The summed E-state index contributed by atoms with van der Waals surface area (Å²) >= 11 is 7.79. The molecule has 8 heteroatoms. The number of carbonyl (C=O) groups excluding carboxylic acids is 1. The van der Waals surface area contributed by atoms with Crippen LogP contribution < -0.4 is 9.80 Å². The van der Waals surface area contributed by atoms with Crippen molar-refractivity contribution in [2.24, 2.45) is 0 Å². The van der Waals surface area contributed by atoms with Gasteiger partial charge in [-0.25, -0.2) is 4.98 Å². The molecule has 0 saturated heterocycles. The molecule has 1 aromatic heterocycles. The van der Waals surface area contributed by atoms with Crippen LogP contribution in [0.4, 0.5) is 10.8 Å². The zero-order chi connectivity index (χ0) is 20.3. The normalized spacial score (nSPS) is 10.8. The fraction of sp³-hybridized carbons (Fsp3) is 0.333. The molecule has 0 atom stereocenters. The van der Waals surface area contributed by atoms with Crippen molar-refractivity contribution >= 4 is 62.3 Å². The molecule has 0 radical (unpaired) electrons. The first-order chi connectivity index (χ1) is 13.4. The number of hydrogen-bond donors (Lipinski definition) is 0. The highest BCUT2D eigenvalue weighted by atomic mass is 35.5. The third-order valence-electron chi connectivity index (χ3n) is 4.45. The molecule has 29 heavy (non-hydrogen) atoms. The Morgan fingerprint density at radius 3 is 2.31 bits per heavy atom. The van der Waals surface area contributed by atoms with Crippen LogP contribution in [-0.2, 0) is 0 Å². The van der Waals surface area contributed by atoms with E-state index >= 15 is 0 Å². The maximum Gasteiger partial charge on any atom is 0.260 e. The number of thiazole rings is 1. The fourth-order valence-electron chi connectivity index (χ4n) is 2.91.